The van der Waals surface area contributed by atoms with Crippen LogP contribution in [0, 0.1) is 16.7 Å². The Morgan fingerprint density at radius 3 is 2.64 bits per heavy atom. The second-order valence-corrected chi connectivity index (χ2v) is 5.94. The van der Waals surface area contributed by atoms with Crippen molar-refractivity contribution in [2.45, 2.75) is 46.5 Å². The van der Waals surface area contributed by atoms with Crippen LogP contribution < -0.4 is 0 Å². The molecule has 0 heterocycles. The van der Waals surface area contributed by atoms with Gasteiger partial charge in [-0.1, -0.05) is 33.3 Å². The van der Waals surface area contributed by atoms with E-state index in [1.807, 2.05) is 0 Å². The largest absolute Gasteiger partial charge is 0.295 e. The van der Waals surface area contributed by atoms with Gasteiger partial charge in [0.05, 0.1) is 0 Å². The number of rotatable bonds is 0. The molecule has 1 nitrogen and oxygen atoms in total. The van der Waals surface area contributed by atoms with Crippen molar-refractivity contribution >= 4 is 5.78 Å². The van der Waals surface area contributed by atoms with Gasteiger partial charge in [-0.2, -0.15) is 0 Å². The van der Waals surface area contributed by atoms with E-state index in [0.717, 1.165) is 6.42 Å². The summed E-state index contributed by atoms with van der Waals surface area (Å²) in [4.78, 5) is 12.0. The van der Waals surface area contributed by atoms with Crippen molar-refractivity contribution in [3.05, 3.63) is 12.2 Å². The average Bonchev–Trinajstić information content (AvgIpc) is 2.00. The van der Waals surface area contributed by atoms with Gasteiger partial charge in [-0.05, 0) is 36.2 Å². The van der Waals surface area contributed by atoms with Gasteiger partial charge in [0.2, 0.25) is 0 Å². The van der Waals surface area contributed by atoms with E-state index in [1.54, 1.807) is 6.08 Å². The van der Waals surface area contributed by atoms with E-state index in [1.165, 1.54) is 19.3 Å². The molecule has 1 heteroatoms. The second-order valence-electron chi connectivity index (χ2n) is 5.94. The Bertz CT molecular complexity index is 288. The lowest BCUT2D eigenvalue weighted by molar-refractivity contribution is -0.132. The molecule has 1 saturated carbocycles. The monoisotopic (exact) mass is 192 g/mol. The molecular formula is C13H20O. The number of carbonyl (C=O) groups is 1. The summed E-state index contributed by atoms with van der Waals surface area (Å²) in [7, 11) is 0. The van der Waals surface area contributed by atoms with Gasteiger partial charge in [0.15, 0.2) is 5.78 Å². The Kier molecular flexibility index (Phi) is 2.09. The van der Waals surface area contributed by atoms with E-state index in [2.05, 4.69) is 26.8 Å². The predicted molar refractivity (Wildman–Crippen MR) is 58.0 cm³/mol. The minimum Gasteiger partial charge on any atom is -0.295 e. The fraction of sp³-hybridized carbons (Fsp3) is 0.769. The second kappa shape index (κ2) is 2.95. The van der Waals surface area contributed by atoms with E-state index in [-0.39, 0.29) is 16.7 Å². The van der Waals surface area contributed by atoms with Crippen molar-refractivity contribution in [3.63, 3.8) is 0 Å². The molecule has 0 aromatic rings. The topological polar surface area (TPSA) is 17.1 Å². The maximum absolute atomic E-state index is 12.0. The number of fused-ring (bicyclic) bond motifs is 1. The smallest absolute Gasteiger partial charge is 0.159 e. The summed E-state index contributed by atoms with van der Waals surface area (Å²) in [5.74, 6) is 0.622. The average molecular weight is 192 g/mol. The normalized spacial score (nSPS) is 40.8. The third-order valence-corrected chi connectivity index (χ3v) is 4.20. The highest BCUT2D eigenvalue weighted by atomic mass is 16.1. The van der Waals surface area contributed by atoms with Crippen molar-refractivity contribution < 1.29 is 4.79 Å². The van der Waals surface area contributed by atoms with E-state index >= 15 is 0 Å². The Balaban J connectivity index is 2.40. The van der Waals surface area contributed by atoms with Crippen LogP contribution in [0.25, 0.3) is 0 Å². The molecule has 2 aliphatic carbocycles. The third-order valence-electron chi connectivity index (χ3n) is 4.20. The van der Waals surface area contributed by atoms with Crippen molar-refractivity contribution in [2.75, 3.05) is 0 Å². The lowest BCUT2D eigenvalue weighted by atomic mass is 9.53. The molecule has 0 aliphatic heterocycles. The molecule has 0 saturated heterocycles. The summed E-state index contributed by atoms with van der Waals surface area (Å²) in [6.45, 7) is 6.80. The van der Waals surface area contributed by atoms with Gasteiger partial charge in [0.25, 0.3) is 0 Å². The summed E-state index contributed by atoms with van der Waals surface area (Å²) in [6, 6.07) is 0. The molecule has 0 spiro atoms. The molecular weight excluding hydrogens is 172 g/mol. The molecule has 2 aliphatic rings. The molecule has 0 aromatic heterocycles. The van der Waals surface area contributed by atoms with E-state index in [0.29, 0.717) is 5.78 Å². The molecule has 0 aromatic carbocycles. The Hall–Kier alpha value is -0.590. The fourth-order valence-electron chi connectivity index (χ4n) is 3.67. The maximum atomic E-state index is 12.0. The van der Waals surface area contributed by atoms with Crippen LogP contribution in [0.1, 0.15) is 46.5 Å². The van der Waals surface area contributed by atoms with Gasteiger partial charge >= 0.3 is 0 Å². The summed E-state index contributed by atoms with van der Waals surface area (Å²) in [5, 5.41) is 0. The Morgan fingerprint density at radius 2 is 2.00 bits per heavy atom. The Labute approximate surface area is 86.6 Å². The van der Waals surface area contributed by atoms with Crippen LogP contribution in [-0.4, -0.2) is 5.78 Å². The van der Waals surface area contributed by atoms with Gasteiger partial charge < -0.3 is 0 Å². The van der Waals surface area contributed by atoms with Crippen molar-refractivity contribution in [3.8, 4) is 0 Å². The number of hydrogen-bond donors (Lipinski definition) is 0. The molecule has 1 fully saturated rings. The van der Waals surface area contributed by atoms with Crippen molar-refractivity contribution in [2.24, 2.45) is 16.7 Å². The maximum Gasteiger partial charge on any atom is 0.159 e. The predicted octanol–water partition coefficient (Wildman–Crippen LogP) is 3.35. The molecule has 0 radical (unpaired) electrons. The number of carbonyl (C=O) groups excluding carboxylic acids is 1. The lowest BCUT2D eigenvalue weighted by Gasteiger charge is -2.50. The summed E-state index contributed by atoms with van der Waals surface area (Å²) >= 11 is 0. The van der Waals surface area contributed by atoms with E-state index < -0.39 is 0 Å². The van der Waals surface area contributed by atoms with Gasteiger partial charge in [-0.25, -0.2) is 0 Å². The molecule has 14 heavy (non-hydrogen) atoms. The van der Waals surface area contributed by atoms with Gasteiger partial charge in [-0.15, -0.1) is 0 Å². The van der Waals surface area contributed by atoms with Crippen LogP contribution in [0.15, 0.2) is 12.2 Å². The summed E-state index contributed by atoms with van der Waals surface area (Å²) in [5.41, 5.74) is 0.447. The number of hydrogen-bond acceptors (Lipinski definition) is 1. The minimum atomic E-state index is 0.203. The molecule has 0 bridgehead atoms. The first-order valence-electron chi connectivity index (χ1n) is 5.66. The highest BCUT2D eigenvalue weighted by Gasteiger charge is 2.50. The van der Waals surface area contributed by atoms with Crippen LogP contribution in [0.2, 0.25) is 0 Å². The highest BCUT2D eigenvalue weighted by molar-refractivity contribution is 5.93. The molecule has 2 atom stereocenters. The minimum absolute atomic E-state index is 0.203. The van der Waals surface area contributed by atoms with Crippen LogP contribution in [0.3, 0.4) is 0 Å². The van der Waals surface area contributed by atoms with Crippen molar-refractivity contribution in [1.82, 2.24) is 0 Å². The molecule has 2 rings (SSSR count). The van der Waals surface area contributed by atoms with Gasteiger partial charge in [-0.3, -0.25) is 4.79 Å². The number of allylic oxidation sites excluding steroid dienone is 2. The van der Waals surface area contributed by atoms with Crippen LogP contribution in [-0.2, 0) is 4.79 Å². The van der Waals surface area contributed by atoms with Crippen LogP contribution in [0.5, 0.6) is 0 Å². The Morgan fingerprint density at radius 1 is 1.29 bits per heavy atom. The SMILES string of the molecule is CC1(C)CCC[C@]2(C)CC=CC(=O)[C@H]12. The first-order valence-corrected chi connectivity index (χ1v) is 5.66. The number of ketones is 1. The summed E-state index contributed by atoms with van der Waals surface area (Å²) < 4.78 is 0. The van der Waals surface area contributed by atoms with Gasteiger partial charge in [0.1, 0.15) is 0 Å². The summed E-state index contributed by atoms with van der Waals surface area (Å²) in [6.07, 6.45) is 8.66. The first kappa shape index (κ1) is 9.95. The lowest BCUT2D eigenvalue weighted by Crippen LogP contribution is -2.47. The fourth-order valence-corrected chi connectivity index (χ4v) is 3.67. The zero-order valence-corrected chi connectivity index (χ0v) is 9.47. The van der Waals surface area contributed by atoms with E-state index in [4.69, 9.17) is 0 Å². The molecule has 0 N–H and O–H groups in total. The molecule has 78 valence electrons. The van der Waals surface area contributed by atoms with Crippen LogP contribution in [0.4, 0.5) is 0 Å². The van der Waals surface area contributed by atoms with E-state index in [9.17, 15) is 4.79 Å². The molecule has 0 unspecified atom stereocenters. The highest BCUT2D eigenvalue weighted by Crippen LogP contribution is 2.54. The zero-order valence-electron chi connectivity index (χ0n) is 9.47. The quantitative estimate of drug-likeness (QED) is 0.575. The zero-order chi connectivity index (χ0) is 10.4. The first-order chi connectivity index (χ1) is 6.46. The molecule has 0 amide bonds. The third kappa shape index (κ3) is 1.34. The van der Waals surface area contributed by atoms with Crippen molar-refractivity contribution in [1.29, 1.82) is 0 Å². The standard InChI is InChI=1S/C13H20O/c1-12(2)7-5-9-13(3)8-4-6-10(14)11(12)13/h4,6,11H,5,7-9H2,1-3H3/t11-,13+/m1/s1. The van der Waals surface area contributed by atoms with Gasteiger partial charge in [0, 0.05) is 5.92 Å². The van der Waals surface area contributed by atoms with Crippen LogP contribution >= 0.6 is 0 Å².